The summed E-state index contributed by atoms with van der Waals surface area (Å²) in [5.41, 5.74) is 1.11. The molecule has 1 aromatic rings. The van der Waals surface area contributed by atoms with Gasteiger partial charge in [-0.1, -0.05) is 0 Å². The zero-order valence-corrected chi connectivity index (χ0v) is 12.0. The molecule has 6 heteroatoms. The number of hydrogen-bond donors (Lipinski definition) is 1. The van der Waals surface area contributed by atoms with Gasteiger partial charge in [0.15, 0.2) is 5.13 Å². The number of aryl methyl sites for hydroxylation is 2. The van der Waals surface area contributed by atoms with E-state index < -0.39 is 0 Å². The smallest absolute Gasteiger partial charge is 0.236 e. The van der Waals surface area contributed by atoms with Crippen LogP contribution in [0.3, 0.4) is 0 Å². The van der Waals surface area contributed by atoms with E-state index in [-0.39, 0.29) is 5.91 Å². The monoisotopic (exact) mass is 268 g/mol. The molecule has 1 saturated heterocycles. The fourth-order valence-electron chi connectivity index (χ4n) is 2.00. The van der Waals surface area contributed by atoms with Crippen molar-refractivity contribution in [3.63, 3.8) is 0 Å². The Morgan fingerprint density at radius 1 is 1.33 bits per heavy atom. The highest BCUT2D eigenvalue weighted by molar-refractivity contribution is 7.15. The highest BCUT2D eigenvalue weighted by Crippen LogP contribution is 2.25. The predicted octanol–water partition coefficient (Wildman–Crippen LogP) is 0.628. The van der Waals surface area contributed by atoms with Crippen molar-refractivity contribution in [2.24, 2.45) is 0 Å². The van der Waals surface area contributed by atoms with Crippen molar-refractivity contribution in [1.29, 1.82) is 0 Å². The van der Waals surface area contributed by atoms with Gasteiger partial charge >= 0.3 is 0 Å². The maximum Gasteiger partial charge on any atom is 0.236 e. The molecule has 1 aliphatic heterocycles. The van der Waals surface area contributed by atoms with E-state index in [0.717, 1.165) is 37.0 Å². The maximum absolute atomic E-state index is 11.7. The Labute approximate surface area is 112 Å². The highest BCUT2D eigenvalue weighted by Gasteiger charge is 2.22. The van der Waals surface area contributed by atoms with Gasteiger partial charge in [0.05, 0.1) is 12.2 Å². The van der Waals surface area contributed by atoms with Crippen LogP contribution in [0.15, 0.2) is 0 Å². The molecule has 1 N–H and O–H groups in total. The summed E-state index contributed by atoms with van der Waals surface area (Å²) in [6, 6.07) is 0. The van der Waals surface area contributed by atoms with E-state index in [9.17, 15) is 4.79 Å². The van der Waals surface area contributed by atoms with Crippen molar-refractivity contribution in [2.45, 2.75) is 13.8 Å². The normalized spacial score (nSPS) is 16.2. The van der Waals surface area contributed by atoms with Crippen LogP contribution >= 0.6 is 11.3 Å². The highest BCUT2D eigenvalue weighted by atomic mass is 32.1. The number of amides is 1. The number of piperazine rings is 1. The molecular weight excluding hydrogens is 248 g/mol. The molecule has 5 nitrogen and oxygen atoms in total. The van der Waals surface area contributed by atoms with Crippen LogP contribution in [0, 0.1) is 13.8 Å². The second kappa shape index (κ2) is 5.67. The number of likely N-dealkylation sites (N-methyl/N-ethyl adjacent to an activating group) is 1. The minimum atomic E-state index is 0.184. The number of aromatic nitrogens is 1. The Kier molecular flexibility index (Phi) is 4.19. The number of thiazole rings is 1. The molecule has 0 bridgehead atoms. The summed E-state index contributed by atoms with van der Waals surface area (Å²) in [7, 11) is 1.80. The molecule has 0 unspecified atom stereocenters. The van der Waals surface area contributed by atoms with Gasteiger partial charge in [0, 0.05) is 31.1 Å². The summed E-state index contributed by atoms with van der Waals surface area (Å²) in [4.78, 5) is 21.8. The van der Waals surface area contributed by atoms with Gasteiger partial charge < -0.3 is 15.1 Å². The molecule has 0 aromatic carbocycles. The van der Waals surface area contributed by atoms with Crippen molar-refractivity contribution in [3.8, 4) is 0 Å². The lowest BCUT2D eigenvalue weighted by molar-refractivity contribution is -0.130. The van der Waals surface area contributed by atoms with E-state index >= 15 is 0 Å². The van der Waals surface area contributed by atoms with Crippen LogP contribution in [0.4, 0.5) is 5.13 Å². The first-order valence-electron chi connectivity index (χ1n) is 6.23. The van der Waals surface area contributed by atoms with Gasteiger partial charge in [0.1, 0.15) is 0 Å². The van der Waals surface area contributed by atoms with E-state index in [1.165, 1.54) is 4.88 Å². The zero-order valence-electron chi connectivity index (χ0n) is 11.2. The van der Waals surface area contributed by atoms with Crippen molar-refractivity contribution in [3.05, 3.63) is 10.6 Å². The van der Waals surface area contributed by atoms with Crippen LogP contribution in [0.1, 0.15) is 10.6 Å². The minimum Gasteiger partial charge on any atom is -0.345 e. The third-order valence-corrected chi connectivity index (χ3v) is 4.38. The van der Waals surface area contributed by atoms with Gasteiger partial charge in [-0.15, -0.1) is 11.3 Å². The fourth-order valence-corrected chi connectivity index (χ4v) is 2.96. The number of carbonyl (C=O) groups is 1. The second-order valence-electron chi connectivity index (χ2n) is 4.54. The van der Waals surface area contributed by atoms with Crippen LogP contribution < -0.4 is 10.2 Å². The summed E-state index contributed by atoms with van der Waals surface area (Å²) in [5, 5.41) is 3.99. The number of anilines is 1. The molecule has 0 aliphatic carbocycles. The van der Waals surface area contributed by atoms with E-state index in [1.54, 1.807) is 18.4 Å². The first-order chi connectivity index (χ1) is 8.61. The fraction of sp³-hybridized carbons (Fsp3) is 0.667. The van der Waals surface area contributed by atoms with Gasteiger partial charge in [-0.05, 0) is 20.9 Å². The van der Waals surface area contributed by atoms with Gasteiger partial charge in [-0.25, -0.2) is 4.98 Å². The third-order valence-electron chi connectivity index (χ3n) is 3.25. The summed E-state index contributed by atoms with van der Waals surface area (Å²) in [6.45, 7) is 7.90. The van der Waals surface area contributed by atoms with Crippen molar-refractivity contribution in [2.75, 3.05) is 44.7 Å². The number of hydrogen-bond acceptors (Lipinski definition) is 5. The zero-order chi connectivity index (χ0) is 13.1. The van der Waals surface area contributed by atoms with Crippen molar-refractivity contribution in [1.82, 2.24) is 15.2 Å². The molecule has 0 spiro atoms. The molecular formula is C12H20N4OS. The lowest BCUT2D eigenvalue weighted by Gasteiger charge is -2.34. The molecule has 1 aromatic heterocycles. The van der Waals surface area contributed by atoms with Crippen LogP contribution in [-0.4, -0.2) is 55.6 Å². The van der Waals surface area contributed by atoms with Gasteiger partial charge in [0.25, 0.3) is 0 Å². The topological polar surface area (TPSA) is 48.5 Å². The Morgan fingerprint density at radius 2 is 2.00 bits per heavy atom. The Hall–Kier alpha value is -1.14. The molecule has 0 saturated carbocycles. The molecule has 18 heavy (non-hydrogen) atoms. The lowest BCUT2D eigenvalue weighted by atomic mass is 10.3. The standard InChI is InChI=1S/C12H20N4OS/c1-9-10(2)18-12(14-9)16-6-4-15(5-7-16)11(17)8-13-3/h13H,4-8H2,1-3H3. The quantitative estimate of drug-likeness (QED) is 0.873. The molecule has 1 fully saturated rings. The van der Waals surface area contributed by atoms with Crippen LogP contribution in [-0.2, 0) is 4.79 Å². The van der Waals surface area contributed by atoms with E-state index in [4.69, 9.17) is 0 Å². The Bertz CT molecular complexity index is 404. The molecule has 1 amide bonds. The number of nitrogens with one attached hydrogen (secondary N) is 1. The maximum atomic E-state index is 11.7. The van der Waals surface area contributed by atoms with E-state index in [1.807, 2.05) is 11.8 Å². The molecule has 2 rings (SSSR count). The average Bonchev–Trinajstić information content (AvgIpc) is 2.70. The second-order valence-corrected chi connectivity index (χ2v) is 5.72. The molecule has 1 aliphatic rings. The first-order valence-corrected chi connectivity index (χ1v) is 7.05. The third kappa shape index (κ3) is 2.81. The van der Waals surface area contributed by atoms with Crippen molar-refractivity contribution >= 4 is 22.4 Å². The van der Waals surface area contributed by atoms with E-state index in [2.05, 4.69) is 22.1 Å². The van der Waals surface area contributed by atoms with Gasteiger partial charge in [-0.2, -0.15) is 0 Å². The molecule has 0 atom stereocenters. The summed E-state index contributed by atoms with van der Waals surface area (Å²) in [6.07, 6.45) is 0. The SMILES string of the molecule is CNCC(=O)N1CCN(c2nc(C)c(C)s2)CC1. The Morgan fingerprint density at radius 3 is 2.50 bits per heavy atom. The number of rotatable bonds is 3. The first kappa shape index (κ1) is 13.3. The van der Waals surface area contributed by atoms with E-state index in [0.29, 0.717) is 6.54 Å². The van der Waals surface area contributed by atoms with Crippen LogP contribution in [0.5, 0.6) is 0 Å². The largest absolute Gasteiger partial charge is 0.345 e. The number of carbonyl (C=O) groups excluding carboxylic acids is 1. The van der Waals surface area contributed by atoms with Crippen LogP contribution in [0.25, 0.3) is 0 Å². The summed E-state index contributed by atoms with van der Waals surface area (Å²) < 4.78 is 0. The predicted molar refractivity (Wildman–Crippen MR) is 74.3 cm³/mol. The average molecular weight is 268 g/mol. The molecule has 2 heterocycles. The lowest BCUT2D eigenvalue weighted by Crippen LogP contribution is -2.50. The summed E-state index contributed by atoms with van der Waals surface area (Å²) in [5.74, 6) is 0.184. The van der Waals surface area contributed by atoms with Crippen LogP contribution in [0.2, 0.25) is 0 Å². The van der Waals surface area contributed by atoms with Gasteiger partial charge in [-0.3, -0.25) is 4.79 Å². The van der Waals surface area contributed by atoms with Crippen molar-refractivity contribution < 1.29 is 4.79 Å². The molecule has 0 radical (unpaired) electrons. The summed E-state index contributed by atoms with van der Waals surface area (Å²) >= 11 is 1.74. The molecule has 100 valence electrons. The minimum absolute atomic E-state index is 0.184. The Balaban J connectivity index is 1.92. The number of nitrogens with zero attached hydrogens (tertiary/aromatic N) is 3. The van der Waals surface area contributed by atoms with Gasteiger partial charge in [0.2, 0.25) is 5.91 Å².